The van der Waals surface area contributed by atoms with E-state index in [1.807, 2.05) is 74.5 Å². The predicted octanol–water partition coefficient (Wildman–Crippen LogP) is 6.27. The standard InChI is InChI=1S/C32H29Cl2N3O3/c1-20(2)35-31(39)28(16-21-8-4-3-5-9-21)36(18-23-14-15-24(33)17-26(23)34)29(38)19-37-27-13-7-11-22-10-6-12-25(30(22)27)32(37)40/h3-15,17,20,28H,16,18-19H2,1-2H3,(H,35,39)/t28-/m0/s1. The van der Waals surface area contributed by atoms with Crippen LogP contribution < -0.4 is 10.2 Å². The van der Waals surface area contributed by atoms with Gasteiger partial charge in [0.05, 0.1) is 5.69 Å². The van der Waals surface area contributed by atoms with Crippen LogP contribution in [0.2, 0.25) is 10.0 Å². The van der Waals surface area contributed by atoms with Gasteiger partial charge in [0.25, 0.3) is 5.91 Å². The van der Waals surface area contributed by atoms with Crippen LogP contribution in [0.3, 0.4) is 0 Å². The summed E-state index contributed by atoms with van der Waals surface area (Å²) in [7, 11) is 0. The molecule has 3 amide bonds. The van der Waals surface area contributed by atoms with E-state index in [0.29, 0.717) is 33.3 Å². The van der Waals surface area contributed by atoms with E-state index in [1.54, 1.807) is 24.3 Å². The number of benzene rings is 4. The molecule has 1 heterocycles. The van der Waals surface area contributed by atoms with Gasteiger partial charge in [0.1, 0.15) is 12.6 Å². The van der Waals surface area contributed by atoms with Crippen LogP contribution >= 0.6 is 23.2 Å². The Morgan fingerprint density at radius 3 is 2.35 bits per heavy atom. The van der Waals surface area contributed by atoms with Crippen molar-refractivity contribution < 1.29 is 14.4 Å². The summed E-state index contributed by atoms with van der Waals surface area (Å²) in [5, 5.41) is 5.59. The smallest absolute Gasteiger partial charge is 0.259 e. The zero-order chi connectivity index (χ0) is 28.4. The van der Waals surface area contributed by atoms with Crippen molar-refractivity contribution >= 4 is 57.4 Å². The molecular weight excluding hydrogens is 545 g/mol. The summed E-state index contributed by atoms with van der Waals surface area (Å²) in [6.45, 7) is 3.59. The maximum absolute atomic E-state index is 14.2. The molecule has 1 aliphatic heterocycles. The molecule has 0 saturated heterocycles. The third-order valence-corrected chi connectivity index (χ3v) is 7.59. The average Bonchev–Trinajstić information content (AvgIpc) is 3.19. The molecule has 6 nitrogen and oxygen atoms in total. The lowest BCUT2D eigenvalue weighted by atomic mass is 10.0. The normalized spacial score (nSPS) is 13.1. The van der Waals surface area contributed by atoms with Gasteiger partial charge in [0, 0.05) is 40.0 Å². The van der Waals surface area contributed by atoms with Crippen molar-refractivity contribution in [1.82, 2.24) is 10.2 Å². The van der Waals surface area contributed by atoms with E-state index in [-0.39, 0.29) is 36.9 Å². The Kier molecular flexibility index (Phi) is 8.10. The van der Waals surface area contributed by atoms with Crippen molar-refractivity contribution in [2.24, 2.45) is 0 Å². The highest BCUT2D eigenvalue weighted by Crippen LogP contribution is 2.37. The Morgan fingerprint density at radius 1 is 0.925 bits per heavy atom. The van der Waals surface area contributed by atoms with Crippen molar-refractivity contribution in [1.29, 1.82) is 0 Å². The molecule has 0 radical (unpaired) electrons. The molecular formula is C32H29Cl2N3O3. The van der Waals surface area contributed by atoms with E-state index in [2.05, 4.69) is 5.32 Å². The molecule has 5 rings (SSSR count). The van der Waals surface area contributed by atoms with Crippen LogP contribution in [-0.4, -0.2) is 41.2 Å². The first-order valence-electron chi connectivity index (χ1n) is 13.1. The third-order valence-electron chi connectivity index (χ3n) is 7.00. The van der Waals surface area contributed by atoms with Gasteiger partial charge in [-0.2, -0.15) is 0 Å². The molecule has 0 bridgehead atoms. The largest absolute Gasteiger partial charge is 0.352 e. The van der Waals surface area contributed by atoms with Crippen molar-refractivity contribution in [3.63, 3.8) is 0 Å². The summed E-state index contributed by atoms with van der Waals surface area (Å²) < 4.78 is 0. The van der Waals surface area contributed by atoms with Gasteiger partial charge in [0.15, 0.2) is 0 Å². The zero-order valence-corrected chi connectivity index (χ0v) is 23.7. The van der Waals surface area contributed by atoms with E-state index in [9.17, 15) is 14.4 Å². The van der Waals surface area contributed by atoms with Crippen LogP contribution in [0.15, 0.2) is 84.9 Å². The van der Waals surface area contributed by atoms with Gasteiger partial charge in [-0.1, -0.05) is 83.9 Å². The zero-order valence-electron chi connectivity index (χ0n) is 22.2. The van der Waals surface area contributed by atoms with Crippen LogP contribution in [0.25, 0.3) is 10.8 Å². The molecule has 0 saturated carbocycles. The van der Waals surface area contributed by atoms with Gasteiger partial charge in [-0.25, -0.2) is 0 Å². The average molecular weight is 575 g/mol. The minimum Gasteiger partial charge on any atom is -0.352 e. The number of rotatable bonds is 9. The van der Waals surface area contributed by atoms with Crippen LogP contribution in [0, 0.1) is 0 Å². The topological polar surface area (TPSA) is 69.7 Å². The molecule has 204 valence electrons. The fourth-order valence-corrected chi connectivity index (χ4v) is 5.60. The minimum atomic E-state index is -0.847. The molecule has 4 aromatic rings. The first-order valence-corrected chi connectivity index (χ1v) is 13.9. The second-order valence-electron chi connectivity index (χ2n) is 10.2. The van der Waals surface area contributed by atoms with E-state index in [0.717, 1.165) is 16.3 Å². The van der Waals surface area contributed by atoms with Gasteiger partial charge in [-0.05, 0) is 54.6 Å². The molecule has 0 spiro atoms. The van der Waals surface area contributed by atoms with Gasteiger partial charge in [0.2, 0.25) is 11.8 Å². The van der Waals surface area contributed by atoms with Crippen molar-refractivity contribution in [3.8, 4) is 0 Å². The van der Waals surface area contributed by atoms with Crippen molar-refractivity contribution in [2.75, 3.05) is 11.4 Å². The van der Waals surface area contributed by atoms with E-state index >= 15 is 0 Å². The number of nitrogens with one attached hydrogen (secondary N) is 1. The SMILES string of the molecule is CC(C)NC(=O)[C@H](Cc1ccccc1)N(Cc1ccc(Cl)cc1Cl)C(=O)CN1C(=O)c2cccc3cccc1c23. The fourth-order valence-electron chi connectivity index (χ4n) is 5.13. The lowest BCUT2D eigenvalue weighted by Gasteiger charge is -2.33. The highest BCUT2D eigenvalue weighted by molar-refractivity contribution is 6.35. The quantitative estimate of drug-likeness (QED) is 0.256. The number of hydrogen-bond donors (Lipinski definition) is 1. The third kappa shape index (κ3) is 5.69. The molecule has 0 aliphatic carbocycles. The monoisotopic (exact) mass is 573 g/mol. The number of hydrogen-bond acceptors (Lipinski definition) is 3. The highest BCUT2D eigenvalue weighted by atomic mass is 35.5. The predicted molar refractivity (Wildman–Crippen MR) is 160 cm³/mol. The van der Waals surface area contributed by atoms with Crippen LogP contribution in [0.1, 0.15) is 35.3 Å². The summed E-state index contributed by atoms with van der Waals surface area (Å²) in [5.41, 5.74) is 2.79. The number of carbonyl (C=O) groups is 3. The second kappa shape index (κ2) is 11.7. The van der Waals surface area contributed by atoms with Gasteiger partial charge in [-0.3, -0.25) is 19.3 Å². The van der Waals surface area contributed by atoms with E-state index < -0.39 is 6.04 Å². The Balaban J connectivity index is 1.53. The van der Waals surface area contributed by atoms with Crippen LogP contribution in [0.5, 0.6) is 0 Å². The maximum Gasteiger partial charge on any atom is 0.259 e. The molecule has 1 aliphatic rings. The molecule has 0 unspecified atom stereocenters. The van der Waals surface area contributed by atoms with Gasteiger partial charge < -0.3 is 10.2 Å². The summed E-state index contributed by atoms with van der Waals surface area (Å²) in [6, 6.07) is 24.9. The minimum absolute atomic E-state index is 0.0665. The summed E-state index contributed by atoms with van der Waals surface area (Å²) in [6.07, 6.45) is 0.292. The molecule has 40 heavy (non-hydrogen) atoms. The number of anilines is 1. The summed E-state index contributed by atoms with van der Waals surface area (Å²) in [5.74, 6) is -0.893. The Bertz CT molecular complexity index is 1580. The number of amides is 3. The lowest BCUT2D eigenvalue weighted by Crippen LogP contribution is -2.54. The maximum atomic E-state index is 14.2. The van der Waals surface area contributed by atoms with Crippen LogP contribution in [0.4, 0.5) is 5.69 Å². The van der Waals surface area contributed by atoms with Crippen molar-refractivity contribution in [2.45, 2.75) is 38.9 Å². The highest BCUT2D eigenvalue weighted by Gasteiger charge is 2.36. The van der Waals surface area contributed by atoms with Gasteiger partial charge in [-0.15, -0.1) is 0 Å². The Morgan fingerprint density at radius 2 is 1.65 bits per heavy atom. The summed E-state index contributed by atoms with van der Waals surface area (Å²) in [4.78, 5) is 44.3. The first kappa shape index (κ1) is 27.7. The summed E-state index contributed by atoms with van der Waals surface area (Å²) >= 11 is 12.7. The fraction of sp³-hybridized carbons (Fsp3) is 0.219. The van der Waals surface area contributed by atoms with Gasteiger partial charge >= 0.3 is 0 Å². The van der Waals surface area contributed by atoms with Crippen molar-refractivity contribution in [3.05, 3.63) is 112 Å². The number of halogens is 2. The molecule has 4 aromatic carbocycles. The van der Waals surface area contributed by atoms with Crippen LogP contribution in [-0.2, 0) is 22.6 Å². The Hall–Kier alpha value is -3.87. The number of carbonyl (C=O) groups excluding carboxylic acids is 3. The molecule has 8 heteroatoms. The molecule has 1 N–H and O–H groups in total. The number of nitrogens with zero attached hydrogens (tertiary/aromatic N) is 2. The second-order valence-corrected chi connectivity index (χ2v) is 11.0. The lowest BCUT2D eigenvalue weighted by molar-refractivity contribution is -0.140. The van der Waals surface area contributed by atoms with E-state index in [4.69, 9.17) is 23.2 Å². The molecule has 0 fully saturated rings. The molecule has 1 atom stereocenters. The molecule has 0 aromatic heterocycles. The van der Waals surface area contributed by atoms with E-state index in [1.165, 1.54) is 9.80 Å². The first-order chi connectivity index (χ1) is 19.2. The Labute approximate surface area is 243 Å².